The highest BCUT2D eigenvalue weighted by atomic mass is 16.6. The van der Waals surface area contributed by atoms with E-state index >= 15 is 0 Å². The summed E-state index contributed by atoms with van der Waals surface area (Å²) in [6.45, 7) is 8.96. The number of amides is 1. The number of likely N-dealkylation sites (tertiary alicyclic amines) is 1. The SMILES string of the molecule is CCNC(=NCCC1=CCOCC1)NC1CCN(C(=O)OCC)CC1. The zero-order valence-electron chi connectivity index (χ0n) is 15.6. The summed E-state index contributed by atoms with van der Waals surface area (Å²) in [6, 6.07) is 0.339. The minimum Gasteiger partial charge on any atom is -0.450 e. The van der Waals surface area contributed by atoms with Crippen molar-refractivity contribution in [2.45, 2.75) is 45.6 Å². The number of hydrogen-bond acceptors (Lipinski definition) is 4. The highest BCUT2D eigenvalue weighted by Crippen LogP contribution is 2.13. The molecule has 0 unspecified atom stereocenters. The lowest BCUT2D eigenvalue weighted by Crippen LogP contribution is -2.49. The van der Waals surface area contributed by atoms with Gasteiger partial charge in [0.05, 0.1) is 19.8 Å². The highest BCUT2D eigenvalue weighted by molar-refractivity contribution is 5.80. The summed E-state index contributed by atoms with van der Waals surface area (Å²) in [4.78, 5) is 18.2. The van der Waals surface area contributed by atoms with Gasteiger partial charge in [0.2, 0.25) is 0 Å². The first-order valence-electron chi connectivity index (χ1n) is 9.45. The summed E-state index contributed by atoms with van der Waals surface area (Å²) in [7, 11) is 0. The molecule has 1 amide bonds. The minimum absolute atomic E-state index is 0.203. The van der Waals surface area contributed by atoms with E-state index in [-0.39, 0.29) is 6.09 Å². The van der Waals surface area contributed by atoms with Crippen LogP contribution in [0.1, 0.15) is 39.5 Å². The molecule has 2 aliphatic heterocycles. The Kier molecular flexibility index (Phi) is 8.59. The van der Waals surface area contributed by atoms with Crippen molar-refractivity contribution in [2.24, 2.45) is 4.99 Å². The minimum atomic E-state index is -0.203. The summed E-state index contributed by atoms with van der Waals surface area (Å²) < 4.78 is 10.4. The molecule has 2 heterocycles. The van der Waals surface area contributed by atoms with Crippen molar-refractivity contribution < 1.29 is 14.3 Å². The zero-order chi connectivity index (χ0) is 17.9. The molecule has 0 atom stereocenters. The molecule has 0 bridgehead atoms. The fourth-order valence-electron chi connectivity index (χ4n) is 3.04. The second-order valence-electron chi connectivity index (χ2n) is 6.30. The first-order valence-corrected chi connectivity index (χ1v) is 9.45. The van der Waals surface area contributed by atoms with Crippen LogP contribution in [0, 0.1) is 0 Å². The van der Waals surface area contributed by atoms with Gasteiger partial charge >= 0.3 is 6.09 Å². The van der Waals surface area contributed by atoms with E-state index in [9.17, 15) is 4.79 Å². The number of guanidine groups is 1. The maximum absolute atomic E-state index is 11.8. The van der Waals surface area contributed by atoms with E-state index in [2.05, 4.69) is 23.6 Å². The molecule has 2 N–H and O–H groups in total. The highest BCUT2D eigenvalue weighted by Gasteiger charge is 2.24. The predicted octanol–water partition coefficient (Wildman–Crippen LogP) is 1.90. The third-order valence-corrected chi connectivity index (χ3v) is 4.47. The maximum atomic E-state index is 11.8. The molecule has 1 fully saturated rings. The van der Waals surface area contributed by atoms with E-state index in [1.54, 1.807) is 4.90 Å². The molecule has 7 nitrogen and oxygen atoms in total. The second-order valence-corrected chi connectivity index (χ2v) is 6.30. The van der Waals surface area contributed by atoms with Crippen molar-refractivity contribution in [2.75, 3.05) is 46.0 Å². The molecule has 0 aromatic rings. The molecule has 7 heteroatoms. The Morgan fingerprint density at radius 2 is 2.20 bits per heavy atom. The largest absolute Gasteiger partial charge is 0.450 e. The van der Waals surface area contributed by atoms with Gasteiger partial charge in [0.15, 0.2) is 5.96 Å². The van der Waals surface area contributed by atoms with Crippen LogP contribution in [0.5, 0.6) is 0 Å². The quantitative estimate of drug-likeness (QED) is 0.434. The fraction of sp³-hybridized carbons (Fsp3) is 0.778. The molecule has 0 aliphatic carbocycles. The Morgan fingerprint density at radius 1 is 1.40 bits per heavy atom. The Hall–Kier alpha value is -1.76. The number of rotatable bonds is 6. The third-order valence-electron chi connectivity index (χ3n) is 4.47. The van der Waals surface area contributed by atoms with Crippen LogP contribution in [-0.4, -0.2) is 69.0 Å². The van der Waals surface area contributed by atoms with Crippen molar-refractivity contribution in [3.63, 3.8) is 0 Å². The first-order chi connectivity index (χ1) is 12.2. The van der Waals surface area contributed by atoms with Gasteiger partial charge in [0, 0.05) is 32.2 Å². The Balaban J connectivity index is 1.76. The third kappa shape index (κ3) is 6.94. The van der Waals surface area contributed by atoms with Crippen LogP contribution in [0.3, 0.4) is 0 Å². The second kappa shape index (κ2) is 11.0. The van der Waals surface area contributed by atoms with Gasteiger partial charge in [-0.05, 0) is 39.5 Å². The number of carbonyl (C=O) groups excluding carboxylic acids is 1. The smallest absolute Gasteiger partial charge is 0.409 e. The van der Waals surface area contributed by atoms with Crippen LogP contribution in [0.2, 0.25) is 0 Å². The van der Waals surface area contributed by atoms with E-state index in [1.807, 2.05) is 6.92 Å². The molecular formula is C18H32N4O3. The number of aliphatic imine (C=N–C) groups is 1. The molecule has 0 saturated carbocycles. The van der Waals surface area contributed by atoms with Gasteiger partial charge in [-0.3, -0.25) is 4.99 Å². The normalized spacial score (nSPS) is 19.4. The Bertz CT molecular complexity index is 471. The molecule has 2 aliphatic rings. The summed E-state index contributed by atoms with van der Waals surface area (Å²) >= 11 is 0. The molecule has 0 aromatic heterocycles. The molecule has 0 spiro atoms. The van der Waals surface area contributed by atoms with Gasteiger partial charge in [-0.25, -0.2) is 4.79 Å². The standard InChI is InChI=1S/C18H32N4O3/c1-3-19-17(20-10-5-15-8-13-24-14-9-15)21-16-6-11-22(12-7-16)18(23)25-4-2/h8,16H,3-7,9-14H2,1-2H3,(H2,19,20,21). The zero-order valence-corrected chi connectivity index (χ0v) is 15.6. The van der Waals surface area contributed by atoms with Gasteiger partial charge in [0.1, 0.15) is 0 Å². The van der Waals surface area contributed by atoms with Gasteiger partial charge in [-0.2, -0.15) is 0 Å². The fourth-order valence-corrected chi connectivity index (χ4v) is 3.04. The van der Waals surface area contributed by atoms with Gasteiger partial charge in [-0.1, -0.05) is 11.6 Å². The number of hydrogen-bond donors (Lipinski definition) is 2. The van der Waals surface area contributed by atoms with Gasteiger partial charge < -0.3 is 25.0 Å². The Morgan fingerprint density at radius 3 is 2.84 bits per heavy atom. The van der Waals surface area contributed by atoms with Crippen LogP contribution in [0.4, 0.5) is 4.79 Å². The lowest BCUT2D eigenvalue weighted by atomic mass is 10.1. The Labute approximate surface area is 150 Å². The number of nitrogens with zero attached hydrogens (tertiary/aromatic N) is 2. The van der Waals surface area contributed by atoms with Crippen molar-refractivity contribution in [1.82, 2.24) is 15.5 Å². The van der Waals surface area contributed by atoms with Gasteiger partial charge in [-0.15, -0.1) is 0 Å². The van der Waals surface area contributed by atoms with Crippen LogP contribution < -0.4 is 10.6 Å². The average molecular weight is 352 g/mol. The lowest BCUT2D eigenvalue weighted by molar-refractivity contribution is 0.0963. The predicted molar refractivity (Wildman–Crippen MR) is 98.9 cm³/mol. The summed E-state index contributed by atoms with van der Waals surface area (Å²) in [5.41, 5.74) is 1.44. The van der Waals surface area contributed by atoms with E-state index < -0.39 is 0 Å². The van der Waals surface area contributed by atoms with E-state index in [0.717, 1.165) is 71.0 Å². The van der Waals surface area contributed by atoms with Crippen LogP contribution in [0.25, 0.3) is 0 Å². The molecule has 1 saturated heterocycles. The topological polar surface area (TPSA) is 75.2 Å². The summed E-state index contributed by atoms with van der Waals surface area (Å²) in [6.07, 6.45) is 5.79. The van der Waals surface area contributed by atoms with Crippen molar-refractivity contribution in [3.05, 3.63) is 11.6 Å². The molecular weight excluding hydrogens is 320 g/mol. The number of nitrogens with one attached hydrogen (secondary N) is 2. The van der Waals surface area contributed by atoms with E-state index in [1.165, 1.54) is 5.57 Å². The van der Waals surface area contributed by atoms with Crippen molar-refractivity contribution in [3.8, 4) is 0 Å². The summed E-state index contributed by atoms with van der Waals surface area (Å²) in [5, 5.41) is 6.81. The molecule has 25 heavy (non-hydrogen) atoms. The first kappa shape index (κ1) is 19.6. The molecule has 2 rings (SSSR count). The maximum Gasteiger partial charge on any atom is 0.409 e. The van der Waals surface area contributed by atoms with Crippen LogP contribution in [-0.2, 0) is 9.47 Å². The molecule has 142 valence electrons. The van der Waals surface area contributed by atoms with Crippen molar-refractivity contribution in [1.29, 1.82) is 0 Å². The molecule has 0 aromatic carbocycles. The number of carbonyl (C=O) groups is 1. The van der Waals surface area contributed by atoms with Crippen LogP contribution in [0.15, 0.2) is 16.6 Å². The van der Waals surface area contributed by atoms with E-state index in [0.29, 0.717) is 12.6 Å². The van der Waals surface area contributed by atoms with Gasteiger partial charge in [0.25, 0.3) is 0 Å². The van der Waals surface area contributed by atoms with Crippen molar-refractivity contribution >= 4 is 12.1 Å². The number of piperidine rings is 1. The molecule has 0 radical (unpaired) electrons. The lowest BCUT2D eigenvalue weighted by Gasteiger charge is -2.32. The summed E-state index contributed by atoms with van der Waals surface area (Å²) in [5.74, 6) is 0.866. The monoisotopic (exact) mass is 352 g/mol. The average Bonchev–Trinajstić information content (AvgIpc) is 2.63. The number of ether oxygens (including phenoxy) is 2. The van der Waals surface area contributed by atoms with E-state index in [4.69, 9.17) is 14.5 Å². The van der Waals surface area contributed by atoms with Crippen LogP contribution >= 0.6 is 0 Å².